The van der Waals surface area contributed by atoms with Gasteiger partial charge in [-0.3, -0.25) is 0 Å². The topological polar surface area (TPSA) is 79.4 Å². The Morgan fingerprint density at radius 2 is 2.04 bits per heavy atom. The van der Waals surface area contributed by atoms with E-state index in [2.05, 4.69) is 46.8 Å². The van der Waals surface area contributed by atoms with Crippen LogP contribution in [0.1, 0.15) is 37.3 Å². The number of anilines is 2. The molecule has 6 nitrogen and oxygen atoms in total. The molecule has 2 heterocycles. The lowest BCUT2D eigenvalue weighted by molar-refractivity contribution is 0.529. The second-order valence-corrected chi connectivity index (χ2v) is 7.32. The number of nitrogens with zero attached hydrogens (tertiary/aromatic N) is 5. The number of benzene rings is 1. The average Bonchev–Trinajstić information content (AvgIpc) is 3.23. The molecular formula is C17H14BrClN6. The molecule has 2 aromatic heterocycles. The van der Waals surface area contributed by atoms with Crippen LogP contribution in [0.3, 0.4) is 0 Å². The highest BCUT2D eigenvalue weighted by molar-refractivity contribution is 9.10. The number of aromatic nitrogens is 4. The third kappa shape index (κ3) is 3.20. The highest BCUT2D eigenvalue weighted by Gasteiger charge is 2.21. The standard InChI is InChI=1S/C17H14BrClN6/c18-11-5-10(8-20)6-12(7-11)22-15-14-16(24-17(19)23-15)25(9-21-14)13-3-1-2-4-13/h5-7,9,13H,1-4H2,(H,22,23,24). The van der Waals surface area contributed by atoms with Crippen molar-refractivity contribution in [1.29, 1.82) is 5.26 Å². The van der Waals surface area contributed by atoms with Gasteiger partial charge in [0.05, 0.1) is 18.0 Å². The van der Waals surface area contributed by atoms with E-state index in [1.807, 2.05) is 12.4 Å². The second kappa shape index (κ2) is 6.62. The summed E-state index contributed by atoms with van der Waals surface area (Å²) in [6, 6.07) is 7.93. The van der Waals surface area contributed by atoms with Crippen molar-refractivity contribution >= 4 is 50.2 Å². The van der Waals surface area contributed by atoms with E-state index in [4.69, 9.17) is 16.9 Å². The summed E-state index contributed by atoms with van der Waals surface area (Å²) in [7, 11) is 0. The molecule has 0 unspecified atom stereocenters. The predicted molar refractivity (Wildman–Crippen MR) is 100.0 cm³/mol. The van der Waals surface area contributed by atoms with Crippen LogP contribution in [0.2, 0.25) is 5.28 Å². The largest absolute Gasteiger partial charge is 0.338 e. The lowest BCUT2D eigenvalue weighted by atomic mass is 10.2. The fourth-order valence-electron chi connectivity index (χ4n) is 3.29. The Balaban J connectivity index is 1.77. The van der Waals surface area contributed by atoms with E-state index in [1.165, 1.54) is 12.8 Å². The molecule has 0 bridgehead atoms. The number of imidazole rings is 1. The van der Waals surface area contributed by atoms with Gasteiger partial charge in [-0.25, -0.2) is 4.98 Å². The number of hydrogen-bond acceptors (Lipinski definition) is 5. The van der Waals surface area contributed by atoms with Crippen molar-refractivity contribution in [2.24, 2.45) is 0 Å². The molecule has 1 N–H and O–H groups in total. The van der Waals surface area contributed by atoms with Crippen LogP contribution in [0.25, 0.3) is 11.2 Å². The van der Waals surface area contributed by atoms with Crippen LogP contribution >= 0.6 is 27.5 Å². The molecule has 4 rings (SSSR count). The van der Waals surface area contributed by atoms with Gasteiger partial charge < -0.3 is 9.88 Å². The zero-order chi connectivity index (χ0) is 17.4. The number of nitrogens with one attached hydrogen (secondary N) is 1. The Kier molecular flexibility index (Phi) is 4.32. The van der Waals surface area contributed by atoms with Crippen molar-refractivity contribution in [3.63, 3.8) is 0 Å². The van der Waals surface area contributed by atoms with Crippen molar-refractivity contribution in [2.75, 3.05) is 5.32 Å². The van der Waals surface area contributed by atoms with Gasteiger partial charge in [0, 0.05) is 16.2 Å². The highest BCUT2D eigenvalue weighted by atomic mass is 79.9. The lowest BCUT2D eigenvalue weighted by Gasteiger charge is -2.12. The summed E-state index contributed by atoms with van der Waals surface area (Å²) in [5.74, 6) is 0.536. The Bertz CT molecular complexity index is 987. The molecule has 8 heteroatoms. The van der Waals surface area contributed by atoms with Crippen molar-refractivity contribution in [2.45, 2.75) is 31.7 Å². The van der Waals surface area contributed by atoms with Gasteiger partial charge in [0.2, 0.25) is 5.28 Å². The molecule has 1 aliphatic carbocycles. The van der Waals surface area contributed by atoms with Crippen LogP contribution in [0.5, 0.6) is 0 Å². The molecule has 0 aliphatic heterocycles. The predicted octanol–water partition coefficient (Wildman–Crippen LogP) is 4.97. The first kappa shape index (κ1) is 16.3. The summed E-state index contributed by atoms with van der Waals surface area (Å²) in [6.07, 6.45) is 6.53. The van der Waals surface area contributed by atoms with Crippen LogP contribution in [-0.2, 0) is 0 Å². The molecule has 126 valence electrons. The Hall–Kier alpha value is -2.17. The van der Waals surface area contributed by atoms with Gasteiger partial charge in [0.1, 0.15) is 0 Å². The molecule has 0 saturated heterocycles. The van der Waals surface area contributed by atoms with E-state index in [0.717, 1.165) is 28.6 Å². The van der Waals surface area contributed by atoms with Gasteiger partial charge in [-0.15, -0.1) is 0 Å². The number of hydrogen-bond donors (Lipinski definition) is 1. The van der Waals surface area contributed by atoms with Crippen LogP contribution in [0.15, 0.2) is 29.0 Å². The van der Waals surface area contributed by atoms with Crippen LogP contribution in [-0.4, -0.2) is 19.5 Å². The molecule has 1 aliphatic rings. The van der Waals surface area contributed by atoms with E-state index in [1.54, 1.807) is 12.1 Å². The van der Waals surface area contributed by atoms with Gasteiger partial charge in [-0.05, 0) is 42.6 Å². The van der Waals surface area contributed by atoms with Gasteiger partial charge >= 0.3 is 0 Å². The first-order valence-corrected chi connectivity index (χ1v) is 9.19. The molecular weight excluding hydrogens is 404 g/mol. The highest BCUT2D eigenvalue weighted by Crippen LogP contribution is 2.33. The molecule has 1 fully saturated rings. The van der Waals surface area contributed by atoms with Crippen LogP contribution < -0.4 is 5.32 Å². The summed E-state index contributed by atoms with van der Waals surface area (Å²) in [6.45, 7) is 0. The zero-order valence-electron chi connectivity index (χ0n) is 13.2. The maximum Gasteiger partial charge on any atom is 0.226 e. The first-order valence-electron chi connectivity index (χ1n) is 8.02. The summed E-state index contributed by atoms with van der Waals surface area (Å²) in [5.41, 5.74) is 2.70. The molecule has 0 atom stereocenters. The number of rotatable bonds is 3. The monoisotopic (exact) mass is 416 g/mol. The second-order valence-electron chi connectivity index (χ2n) is 6.07. The molecule has 1 saturated carbocycles. The van der Waals surface area contributed by atoms with Gasteiger partial charge in [-0.1, -0.05) is 28.8 Å². The summed E-state index contributed by atoms with van der Waals surface area (Å²) < 4.78 is 2.91. The average molecular weight is 418 g/mol. The first-order chi connectivity index (χ1) is 12.1. The van der Waals surface area contributed by atoms with Gasteiger partial charge in [0.25, 0.3) is 0 Å². The smallest absolute Gasteiger partial charge is 0.226 e. The zero-order valence-corrected chi connectivity index (χ0v) is 15.5. The van der Waals surface area contributed by atoms with E-state index in [9.17, 15) is 0 Å². The third-order valence-corrected chi connectivity index (χ3v) is 5.03. The van der Waals surface area contributed by atoms with Gasteiger partial charge in [0.15, 0.2) is 17.0 Å². The maximum absolute atomic E-state index is 9.13. The molecule has 0 amide bonds. The SMILES string of the molecule is N#Cc1cc(Br)cc(Nc2nc(Cl)nc3c2ncn3C2CCCC2)c1. The van der Waals surface area contributed by atoms with Crippen molar-refractivity contribution in [3.8, 4) is 6.07 Å². The van der Waals surface area contributed by atoms with E-state index < -0.39 is 0 Å². The summed E-state index contributed by atoms with van der Waals surface area (Å²) >= 11 is 9.56. The molecule has 0 radical (unpaired) electrons. The number of nitriles is 1. The third-order valence-electron chi connectivity index (χ3n) is 4.40. The number of fused-ring (bicyclic) bond motifs is 1. The maximum atomic E-state index is 9.13. The molecule has 3 aromatic rings. The molecule has 25 heavy (non-hydrogen) atoms. The van der Waals surface area contributed by atoms with Crippen molar-refractivity contribution in [1.82, 2.24) is 19.5 Å². The quantitative estimate of drug-likeness (QED) is 0.608. The molecule has 1 aromatic carbocycles. The Morgan fingerprint density at radius 3 is 2.80 bits per heavy atom. The Labute approximate surface area is 158 Å². The lowest BCUT2D eigenvalue weighted by Crippen LogP contribution is -2.05. The van der Waals surface area contributed by atoms with Crippen LogP contribution in [0, 0.1) is 11.3 Å². The fraction of sp³-hybridized carbons (Fsp3) is 0.294. The van der Waals surface area contributed by atoms with Gasteiger partial charge in [-0.2, -0.15) is 15.2 Å². The summed E-state index contributed by atoms with van der Waals surface area (Å²) in [5, 5.41) is 12.5. The fourth-order valence-corrected chi connectivity index (χ4v) is 3.95. The molecule has 0 spiro atoms. The van der Waals surface area contributed by atoms with Crippen LogP contribution in [0.4, 0.5) is 11.5 Å². The minimum Gasteiger partial charge on any atom is -0.338 e. The van der Waals surface area contributed by atoms with Crippen molar-refractivity contribution < 1.29 is 0 Å². The van der Waals surface area contributed by atoms with E-state index >= 15 is 0 Å². The normalized spacial score (nSPS) is 14.8. The minimum absolute atomic E-state index is 0.172. The minimum atomic E-state index is 0.172. The van der Waals surface area contributed by atoms with E-state index in [0.29, 0.717) is 22.9 Å². The van der Waals surface area contributed by atoms with E-state index in [-0.39, 0.29) is 5.28 Å². The number of halogens is 2. The summed E-state index contributed by atoms with van der Waals surface area (Å²) in [4.78, 5) is 13.2. The Morgan fingerprint density at radius 1 is 1.24 bits per heavy atom. The van der Waals surface area contributed by atoms with Crippen molar-refractivity contribution in [3.05, 3.63) is 39.8 Å².